The Morgan fingerprint density at radius 3 is 2.45 bits per heavy atom. The van der Waals surface area contributed by atoms with Gasteiger partial charge in [0, 0.05) is 15.7 Å². The van der Waals surface area contributed by atoms with E-state index in [9.17, 15) is 4.79 Å². The van der Waals surface area contributed by atoms with Gasteiger partial charge in [-0.25, -0.2) is 0 Å². The molecule has 5 heteroatoms. The summed E-state index contributed by atoms with van der Waals surface area (Å²) in [6.45, 7) is 3.80. The van der Waals surface area contributed by atoms with E-state index in [2.05, 4.69) is 5.32 Å². The molecule has 2 aromatic carbocycles. The first-order valence-corrected chi connectivity index (χ1v) is 7.74. The minimum Gasteiger partial charge on any atom is -0.481 e. The molecule has 0 unspecified atom stereocenters. The average Bonchev–Trinajstić information content (AvgIpc) is 2.50. The highest BCUT2D eigenvalue weighted by Gasteiger charge is 2.18. The van der Waals surface area contributed by atoms with Crippen LogP contribution < -0.4 is 10.1 Å². The molecule has 0 saturated carbocycles. The number of amides is 1. The molecule has 0 aliphatic carbocycles. The first kappa shape index (κ1) is 16.7. The summed E-state index contributed by atoms with van der Waals surface area (Å²) in [6, 6.07) is 12.3. The molecule has 0 heterocycles. The van der Waals surface area contributed by atoms with Crippen LogP contribution in [0, 0.1) is 6.92 Å². The smallest absolute Gasteiger partial charge is 0.265 e. The third-order valence-corrected chi connectivity index (χ3v) is 3.85. The van der Waals surface area contributed by atoms with Crippen molar-refractivity contribution in [2.24, 2.45) is 0 Å². The van der Waals surface area contributed by atoms with Crippen LogP contribution in [-0.4, -0.2) is 12.0 Å². The summed E-state index contributed by atoms with van der Waals surface area (Å²) in [7, 11) is 0. The molecule has 0 aliphatic heterocycles. The maximum absolute atomic E-state index is 12.3. The van der Waals surface area contributed by atoms with Crippen LogP contribution >= 0.6 is 23.2 Å². The number of carbonyl (C=O) groups excluding carboxylic acids is 1. The van der Waals surface area contributed by atoms with E-state index in [1.165, 1.54) is 0 Å². The van der Waals surface area contributed by atoms with E-state index < -0.39 is 6.10 Å². The van der Waals surface area contributed by atoms with Gasteiger partial charge >= 0.3 is 0 Å². The van der Waals surface area contributed by atoms with Crippen molar-refractivity contribution < 1.29 is 9.53 Å². The molecule has 1 N–H and O–H groups in total. The molecule has 3 nitrogen and oxygen atoms in total. The van der Waals surface area contributed by atoms with Gasteiger partial charge in [0.05, 0.1) is 0 Å². The van der Waals surface area contributed by atoms with Crippen LogP contribution in [0.3, 0.4) is 0 Å². The lowest BCUT2D eigenvalue weighted by Crippen LogP contribution is -2.32. The van der Waals surface area contributed by atoms with E-state index in [4.69, 9.17) is 27.9 Å². The second-order valence-electron chi connectivity index (χ2n) is 4.92. The summed E-state index contributed by atoms with van der Waals surface area (Å²) in [5.74, 6) is 0.394. The molecular formula is C17H17Cl2NO2. The number of hydrogen-bond donors (Lipinski definition) is 1. The van der Waals surface area contributed by atoms with Crippen LogP contribution in [0.4, 0.5) is 5.69 Å². The predicted molar refractivity (Wildman–Crippen MR) is 91.0 cm³/mol. The number of ether oxygens (including phenoxy) is 1. The summed E-state index contributed by atoms with van der Waals surface area (Å²) in [5.41, 5.74) is 1.61. The lowest BCUT2D eigenvalue weighted by atomic mass is 10.2. The summed E-state index contributed by atoms with van der Waals surface area (Å²) in [5, 5.41) is 4.06. The van der Waals surface area contributed by atoms with Gasteiger partial charge in [0.2, 0.25) is 0 Å². The fraction of sp³-hybridized carbons (Fsp3) is 0.235. The molecule has 0 bridgehead atoms. The molecule has 0 fully saturated rings. The van der Waals surface area contributed by atoms with Crippen molar-refractivity contribution in [2.45, 2.75) is 26.4 Å². The number of halogens is 2. The SMILES string of the molecule is CC[C@H](Oc1ccc(Cl)cc1)C(=O)Nc1ccc(C)c(Cl)c1. The second kappa shape index (κ2) is 7.52. The van der Waals surface area contributed by atoms with E-state index in [0.717, 1.165) is 5.56 Å². The van der Waals surface area contributed by atoms with Crippen LogP contribution in [-0.2, 0) is 4.79 Å². The van der Waals surface area contributed by atoms with Crippen LogP contribution in [0.2, 0.25) is 10.0 Å². The molecule has 0 aromatic heterocycles. The Balaban J connectivity index is 2.04. The average molecular weight is 338 g/mol. The first-order chi connectivity index (χ1) is 10.5. The maximum atomic E-state index is 12.3. The third kappa shape index (κ3) is 4.39. The lowest BCUT2D eigenvalue weighted by Gasteiger charge is -2.17. The van der Waals surface area contributed by atoms with Gasteiger partial charge in [0.15, 0.2) is 6.10 Å². The first-order valence-electron chi connectivity index (χ1n) is 6.99. The fourth-order valence-electron chi connectivity index (χ4n) is 1.89. The summed E-state index contributed by atoms with van der Waals surface area (Å²) in [6.07, 6.45) is -0.0325. The molecule has 2 aromatic rings. The maximum Gasteiger partial charge on any atom is 0.265 e. The number of nitrogens with one attached hydrogen (secondary N) is 1. The van der Waals surface area contributed by atoms with Gasteiger partial charge in [-0.15, -0.1) is 0 Å². The minimum atomic E-state index is -0.582. The summed E-state index contributed by atoms with van der Waals surface area (Å²) >= 11 is 11.9. The molecule has 1 atom stereocenters. The van der Waals surface area contributed by atoms with Crippen molar-refractivity contribution in [3.8, 4) is 5.75 Å². The van der Waals surface area contributed by atoms with Crippen LogP contribution in [0.1, 0.15) is 18.9 Å². The highest BCUT2D eigenvalue weighted by Crippen LogP contribution is 2.21. The molecule has 0 radical (unpaired) electrons. The Labute approximate surface area is 140 Å². The molecule has 116 valence electrons. The standard InChI is InChI=1S/C17H17Cl2NO2/c1-3-16(22-14-8-5-12(18)6-9-14)17(21)20-13-7-4-11(2)15(19)10-13/h4-10,16H,3H2,1-2H3,(H,20,21)/t16-/m0/s1. The molecule has 22 heavy (non-hydrogen) atoms. The highest BCUT2D eigenvalue weighted by atomic mass is 35.5. The van der Waals surface area contributed by atoms with Gasteiger partial charge in [0.1, 0.15) is 5.75 Å². The second-order valence-corrected chi connectivity index (χ2v) is 5.77. The van der Waals surface area contributed by atoms with Crippen molar-refractivity contribution >= 4 is 34.8 Å². The number of carbonyl (C=O) groups is 1. The Hall–Kier alpha value is -1.71. The lowest BCUT2D eigenvalue weighted by molar-refractivity contribution is -0.122. The predicted octanol–water partition coefficient (Wildman–Crippen LogP) is 5.10. The van der Waals surface area contributed by atoms with E-state index >= 15 is 0 Å². The van der Waals surface area contributed by atoms with Gasteiger partial charge in [-0.3, -0.25) is 4.79 Å². The van der Waals surface area contributed by atoms with Crippen LogP contribution in [0.25, 0.3) is 0 Å². The van der Waals surface area contributed by atoms with Gasteiger partial charge in [-0.2, -0.15) is 0 Å². The zero-order valence-corrected chi connectivity index (χ0v) is 13.9. The molecule has 0 spiro atoms. The number of benzene rings is 2. The molecular weight excluding hydrogens is 321 g/mol. The minimum absolute atomic E-state index is 0.211. The highest BCUT2D eigenvalue weighted by molar-refractivity contribution is 6.31. The summed E-state index contributed by atoms with van der Waals surface area (Å²) in [4.78, 5) is 12.3. The topological polar surface area (TPSA) is 38.3 Å². The Morgan fingerprint density at radius 2 is 1.86 bits per heavy atom. The van der Waals surface area contributed by atoms with Gasteiger partial charge in [0.25, 0.3) is 5.91 Å². The number of hydrogen-bond acceptors (Lipinski definition) is 2. The molecule has 1 amide bonds. The molecule has 0 aliphatic rings. The largest absolute Gasteiger partial charge is 0.481 e. The van der Waals surface area contributed by atoms with Crippen molar-refractivity contribution in [3.63, 3.8) is 0 Å². The van der Waals surface area contributed by atoms with E-state index in [1.54, 1.807) is 30.3 Å². The van der Waals surface area contributed by atoms with E-state index in [1.807, 2.05) is 26.0 Å². The molecule has 2 rings (SSSR count). The Kier molecular flexibility index (Phi) is 5.69. The normalized spacial score (nSPS) is 11.8. The van der Waals surface area contributed by atoms with Gasteiger partial charge in [-0.05, 0) is 55.3 Å². The zero-order chi connectivity index (χ0) is 16.1. The monoisotopic (exact) mass is 337 g/mol. The Bertz CT molecular complexity index is 656. The number of anilines is 1. The van der Waals surface area contributed by atoms with E-state index in [0.29, 0.717) is 27.9 Å². The number of aryl methyl sites for hydroxylation is 1. The van der Waals surface area contributed by atoms with Gasteiger partial charge < -0.3 is 10.1 Å². The Morgan fingerprint density at radius 1 is 1.18 bits per heavy atom. The van der Waals surface area contributed by atoms with Crippen molar-refractivity contribution in [1.29, 1.82) is 0 Å². The van der Waals surface area contributed by atoms with Crippen molar-refractivity contribution in [1.82, 2.24) is 0 Å². The van der Waals surface area contributed by atoms with Crippen molar-refractivity contribution in [2.75, 3.05) is 5.32 Å². The summed E-state index contributed by atoms with van der Waals surface area (Å²) < 4.78 is 5.70. The van der Waals surface area contributed by atoms with Crippen LogP contribution in [0.5, 0.6) is 5.75 Å². The van der Waals surface area contributed by atoms with Crippen molar-refractivity contribution in [3.05, 3.63) is 58.1 Å². The molecule has 0 saturated heterocycles. The third-order valence-electron chi connectivity index (χ3n) is 3.19. The fourth-order valence-corrected chi connectivity index (χ4v) is 2.20. The zero-order valence-electron chi connectivity index (χ0n) is 12.4. The quantitative estimate of drug-likeness (QED) is 0.824. The number of rotatable bonds is 5. The van der Waals surface area contributed by atoms with Crippen LogP contribution in [0.15, 0.2) is 42.5 Å². The van der Waals surface area contributed by atoms with Gasteiger partial charge in [-0.1, -0.05) is 36.2 Å². The van der Waals surface area contributed by atoms with E-state index in [-0.39, 0.29) is 5.91 Å².